The van der Waals surface area contributed by atoms with Crippen LogP contribution in [0.25, 0.3) is 0 Å². The minimum Gasteiger partial charge on any atom is -0.497 e. The molecule has 1 N–H and O–H groups in total. The Morgan fingerprint density at radius 3 is 2.12 bits per heavy atom. The molecule has 0 aromatic heterocycles. The van der Waals surface area contributed by atoms with Crippen molar-refractivity contribution < 1.29 is 19.4 Å². The van der Waals surface area contributed by atoms with Gasteiger partial charge in [-0.15, -0.1) is 0 Å². The van der Waals surface area contributed by atoms with E-state index in [1.54, 1.807) is 43.3 Å². The van der Waals surface area contributed by atoms with Crippen molar-refractivity contribution >= 4 is 11.9 Å². The number of ether oxygens (including phenoxy) is 1. The molecular formula is C19H21NO4. The molecule has 0 heterocycles. The van der Waals surface area contributed by atoms with Gasteiger partial charge in [-0.25, -0.2) is 4.79 Å². The Hall–Kier alpha value is -2.82. The van der Waals surface area contributed by atoms with Crippen molar-refractivity contribution in [2.45, 2.75) is 19.4 Å². The first kappa shape index (κ1) is 17.5. The number of hydrogen-bond donors (Lipinski definition) is 1. The Balaban J connectivity index is 1.85. The molecule has 126 valence electrons. The van der Waals surface area contributed by atoms with Crippen LogP contribution in [0, 0.1) is 0 Å². The normalized spacial score (nSPS) is 10.2. The molecule has 0 atom stereocenters. The number of aromatic carboxylic acids is 1. The van der Waals surface area contributed by atoms with Gasteiger partial charge in [0.2, 0.25) is 5.91 Å². The Labute approximate surface area is 141 Å². The lowest BCUT2D eigenvalue weighted by Gasteiger charge is -2.17. The fourth-order valence-electron chi connectivity index (χ4n) is 2.35. The molecule has 1 amide bonds. The van der Waals surface area contributed by atoms with E-state index in [1.807, 2.05) is 24.3 Å². The predicted molar refractivity (Wildman–Crippen MR) is 91.2 cm³/mol. The molecule has 5 heteroatoms. The summed E-state index contributed by atoms with van der Waals surface area (Å²) in [5, 5.41) is 8.88. The van der Waals surface area contributed by atoms with Crippen LogP contribution in [0.1, 0.15) is 27.9 Å². The van der Waals surface area contributed by atoms with Crippen molar-refractivity contribution in [2.75, 3.05) is 14.2 Å². The summed E-state index contributed by atoms with van der Waals surface area (Å²) in [4.78, 5) is 24.7. The van der Waals surface area contributed by atoms with Gasteiger partial charge >= 0.3 is 5.97 Å². The molecule has 5 nitrogen and oxygen atoms in total. The number of carbonyl (C=O) groups is 2. The average Bonchev–Trinajstić information content (AvgIpc) is 2.60. The molecule has 24 heavy (non-hydrogen) atoms. The first-order chi connectivity index (χ1) is 11.5. The summed E-state index contributed by atoms with van der Waals surface area (Å²) in [5.41, 5.74) is 2.23. The van der Waals surface area contributed by atoms with Gasteiger partial charge in [-0.3, -0.25) is 4.79 Å². The van der Waals surface area contributed by atoms with Crippen molar-refractivity contribution in [1.29, 1.82) is 0 Å². The highest BCUT2D eigenvalue weighted by molar-refractivity contribution is 5.87. The molecule has 0 aliphatic heterocycles. The van der Waals surface area contributed by atoms with Gasteiger partial charge in [0.25, 0.3) is 0 Å². The third-order valence-corrected chi connectivity index (χ3v) is 3.83. The van der Waals surface area contributed by atoms with Crippen molar-refractivity contribution in [2.24, 2.45) is 0 Å². The number of nitrogens with zero attached hydrogens (tertiary/aromatic N) is 1. The smallest absolute Gasteiger partial charge is 0.335 e. The van der Waals surface area contributed by atoms with Crippen LogP contribution in [0.2, 0.25) is 0 Å². The zero-order valence-corrected chi connectivity index (χ0v) is 13.9. The second-order valence-electron chi connectivity index (χ2n) is 5.60. The lowest BCUT2D eigenvalue weighted by atomic mass is 10.1. The zero-order valence-electron chi connectivity index (χ0n) is 13.9. The minimum atomic E-state index is -0.953. The molecule has 0 fully saturated rings. The molecule has 0 bridgehead atoms. The topological polar surface area (TPSA) is 66.8 Å². The van der Waals surface area contributed by atoms with Crippen LogP contribution in [0.15, 0.2) is 48.5 Å². The summed E-state index contributed by atoms with van der Waals surface area (Å²) in [6.07, 6.45) is 1.10. The van der Waals surface area contributed by atoms with Gasteiger partial charge in [0.15, 0.2) is 0 Å². The van der Waals surface area contributed by atoms with E-state index in [-0.39, 0.29) is 11.5 Å². The average molecular weight is 327 g/mol. The van der Waals surface area contributed by atoms with Gasteiger partial charge in [0, 0.05) is 20.0 Å². The van der Waals surface area contributed by atoms with Gasteiger partial charge in [0.05, 0.1) is 12.7 Å². The number of aryl methyl sites for hydroxylation is 1. The van der Waals surface area contributed by atoms with Gasteiger partial charge in [0.1, 0.15) is 5.75 Å². The van der Waals surface area contributed by atoms with E-state index in [0.717, 1.165) is 16.9 Å². The van der Waals surface area contributed by atoms with E-state index in [4.69, 9.17) is 9.84 Å². The fourth-order valence-corrected chi connectivity index (χ4v) is 2.35. The Morgan fingerprint density at radius 1 is 1.00 bits per heavy atom. The van der Waals surface area contributed by atoms with Gasteiger partial charge in [-0.2, -0.15) is 0 Å². The van der Waals surface area contributed by atoms with E-state index >= 15 is 0 Å². The molecule has 0 spiro atoms. The fraction of sp³-hybridized carbons (Fsp3) is 0.263. The molecule has 0 aliphatic rings. The van der Waals surface area contributed by atoms with Crippen molar-refractivity contribution in [3.8, 4) is 5.75 Å². The lowest BCUT2D eigenvalue weighted by Crippen LogP contribution is -2.26. The van der Waals surface area contributed by atoms with E-state index in [9.17, 15) is 9.59 Å². The summed E-state index contributed by atoms with van der Waals surface area (Å²) >= 11 is 0. The van der Waals surface area contributed by atoms with Crippen molar-refractivity contribution in [3.05, 3.63) is 65.2 Å². The number of benzene rings is 2. The second kappa shape index (κ2) is 8.15. The maximum absolute atomic E-state index is 12.2. The maximum atomic E-state index is 12.2. The molecule has 0 radical (unpaired) electrons. The molecule has 2 aromatic carbocycles. The summed E-state index contributed by atoms with van der Waals surface area (Å²) in [6.45, 7) is 0.460. The molecule has 0 aliphatic carbocycles. The number of carbonyl (C=O) groups excluding carboxylic acids is 1. The monoisotopic (exact) mass is 327 g/mol. The highest BCUT2D eigenvalue weighted by atomic mass is 16.5. The van der Waals surface area contributed by atoms with Crippen molar-refractivity contribution in [3.63, 3.8) is 0 Å². The summed E-state index contributed by atoms with van der Waals surface area (Å²) in [7, 11) is 3.37. The highest BCUT2D eigenvalue weighted by Crippen LogP contribution is 2.13. The van der Waals surface area contributed by atoms with Crippen LogP contribution >= 0.6 is 0 Å². The van der Waals surface area contributed by atoms with Crippen LogP contribution in [-0.2, 0) is 17.8 Å². The Morgan fingerprint density at radius 2 is 1.58 bits per heavy atom. The van der Waals surface area contributed by atoms with Gasteiger partial charge < -0.3 is 14.7 Å². The largest absolute Gasteiger partial charge is 0.497 e. The maximum Gasteiger partial charge on any atom is 0.335 e. The van der Waals surface area contributed by atoms with E-state index in [1.165, 1.54) is 0 Å². The predicted octanol–water partition coefficient (Wildman–Crippen LogP) is 2.98. The number of carboxylic acid groups (broad SMARTS) is 1. The minimum absolute atomic E-state index is 0.0492. The molecular weight excluding hydrogens is 306 g/mol. The molecule has 2 rings (SSSR count). The number of carboxylic acids is 1. The number of methoxy groups -OCH3 is 1. The van der Waals surface area contributed by atoms with Crippen LogP contribution < -0.4 is 4.74 Å². The van der Waals surface area contributed by atoms with Gasteiger partial charge in [-0.05, 0) is 41.8 Å². The van der Waals surface area contributed by atoms with Crippen LogP contribution in [-0.4, -0.2) is 36.0 Å². The molecule has 0 unspecified atom stereocenters. The van der Waals surface area contributed by atoms with Crippen LogP contribution in [0.5, 0.6) is 5.75 Å². The second-order valence-corrected chi connectivity index (χ2v) is 5.60. The summed E-state index contributed by atoms with van der Waals surface area (Å²) in [5.74, 6) is -0.106. The summed E-state index contributed by atoms with van der Waals surface area (Å²) in [6, 6.07) is 14.2. The van der Waals surface area contributed by atoms with E-state index in [0.29, 0.717) is 19.4 Å². The third kappa shape index (κ3) is 4.84. The van der Waals surface area contributed by atoms with E-state index in [2.05, 4.69) is 0 Å². The molecule has 0 saturated carbocycles. The van der Waals surface area contributed by atoms with E-state index < -0.39 is 5.97 Å². The molecule has 0 saturated heterocycles. The quantitative estimate of drug-likeness (QED) is 0.849. The zero-order chi connectivity index (χ0) is 17.5. The Bertz CT molecular complexity index is 692. The highest BCUT2D eigenvalue weighted by Gasteiger charge is 2.10. The van der Waals surface area contributed by atoms with Crippen LogP contribution in [0.3, 0.4) is 0 Å². The first-order valence-electron chi connectivity index (χ1n) is 7.68. The first-order valence-corrected chi connectivity index (χ1v) is 7.68. The standard InChI is InChI=1S/C19H21NO4/c1-20(13-15-3-8-16(9-4-15)19(22)23)18(21)12-7-14-5-10-17(24-2)11-6-14/h3-6,8-11H,7,12-13H2,1-2H3,(H,22,23). The SMILES string of the molecule is COc1ccc(CCC(=O)N(C)Cc2ccc(C(=O)O)cc2)cc1. The number of amides is 1. The third-order valence-electron chi connectivity index (χ3n) is 3.83. The molecule has 2 aromatic rings. The number of rotatable bonds is 7. The van der Waals surface area contributed by atoms with Gasteiger partial charge in [-0.1, -0.05) is 24.3 Å². The number of hydrogen-bond acceptors (Lipinski definition) is 3. The lowest BCUT2D eigenvalue weighted by molar-refractivity contribution is -0.130. The van der Waals surface area contributed by atoms with Crippen LogP contribution in [0.4, 0.5) is 0 Å². The Kier molecular flexibility index (Phi) is 5.95. The summed E-state index contributed by atoms with van der Waals surface area (Å²) < 4.78 is 5.11. The van der Waals surface area contributed by atoms with Crippen molar-refractivity contribution in [1.82, 2.24) is 4.90 Å².